The molecule has 0 atom stereocenters. The monoisotopic (exact) mass is 444 g/mol. The maximum Gasteiger partial charge on any atom is -0.0184 e. The Kier molecular flexibility index (Phi) is 11.1. The van der Waals surface area contributed by atoms with Crippen molar-refractivity contribution in [2.75, 3.05) is 0 Å². The Morgan fingerprint density at radius 3 is 1.32 bits per heavy atom. The Hall–Kier alpha value is -3.90. The van der Waals surface area contributed by atoms with E-state index in [1.165, 1.54) is 33.4 Å². The minimum Gasteiger partial charge on any atom is -0.0990 e. The average molecular weight is 445 g/mol. The molecule has 3 aromatic carbocycles. The van der Waals surface area contributed by atoms with Crippen molar-refractivity contribution in [3.63, 3.8) is 0 Å². The molecule has 0 heteroatoms. The van der Waals surface area contributed by atoms with Crippen LogP contribution in [0.1, 0.15) is 38.8 Å². The minimum absolute atomic E-state index is 1.07. The van der Waals surface area contributed by atoms with Crippen LogP contribution in [0.4, 0.5) is 0 Å². The fourth-order valence-corrected chi connectivity index (χ4v) is 3.60. The summed E-state index contributed by atoms with van der Waals surface area (Å²) < 4.78 is 0. The van der Waals surface area contributed by atoms with E-state index in [9.17, 15) is 0 Å². The Balaban J connectivity index is 0.00000199. The van der Waals surface area contributed by atoms with Crippen LogP contribution < -0.4 is 0 Å². The SMILES string of the molecule is C=C/C=C(\C=C)c1ccc(-c2ccc(-c3ccc(C(/C=C\C)=C/C=C\C)cc3)cc2)cc1.CC. The molecule has 0 aliphatic heterocycles. The molecule has 0 heterocycles. The second-order valence-corrected chi connectivity index (χ2v) is 7.44. The molecule has 3 aromatic rings. The third-order valence-corrected chi connectivity index (χ3v) is 5.32. The highest BCUT2D eigenvalue weighted by molar-refractivity contribution is 5.79. The number of allylic oxidation sites excluding steroid dienone is 10. The summed E-state index contributed by atoms with van der Waals surface area (Å²) in [6.07, 6.45) is 16.1. The first-order valence-corrected chi connectivity index (χ1v) is 11.9. The standard InChI is InChI=1S/C32H30.C2H6/c1-5-9-12-26(11-7-3)28-17-19-30(20-18-28)32-23-21-31(22-24-32)29-15-13-27(14-16-29)25(8-4)10-6-2;1-2/h5-24H,2,4H2,1,3H3;1-2H3/b9-5-,11-7-,25-10+,26-12+;. The summed E-state index contributed by atoms with van der Waals surface area (Å²) in [7, 11) is 0. The zero-order valence-corrected chi connectivity index (χ0v) is 21.0. The molecule has 0 amide bonds. The van der Waals surface area contributed by atoms with E-state index in [1.807, 2.05) is 45.9 Å². The highest BCUT2D eigenvalue weighted by atomic mass is 14.1. The topological polar surface area (TPSA) is 0 Å². The maximum atomic E-state index is 3.89. The van der Waals surface area contributed by atoms with Crippen LogP contribution in [0, 0.1) is 0 Å². The van der Waals surface area contributed by atoms with E-state index in [4.69, 9.17) is 0 Å². The fourth-order valence-electron chi connectivity index (χ4n) is 3.60. The molecule has 0 saturated carbocycles. The Morgan fingerprint density at radius 2 is 0.971 bits per heavy atom. The van der Waals surface area contributed by atoms with Crippen LogP contribution in [0.15, 0.2) is 135 Å². The number of hydrogen-bond acceptors (Lipinski definition) is 0. The van der Waals surface area contributed by atoms with Crippen molar-refractivity contribution in [1.82, 2.24) is 0 Å². The lowest BCUT2D eigenvalue weighted by molar-refractivity contribution is 1.50. The van der Waals surface area contributed by atoms with Crippen LogP contribution in [0.5, 0.6) is 0 Å². The van der Waals surface area contributed by atoms with E-state index in [2.05, 4.69) is 110 Å². The molecule has 34 heavy (non-hydrogen) atoms. The Bertz CT molecular complexity index is 1160. The first-order valence-electron chi connectivity index (χ1n) is 11.9. The van der Waals surface area contributed by atoms with Crippen molar-refractivity contribution >= 4 is 11.1 Å². The van der Waals surface area contributed by atoms with Crippen molar-refractivity contribution in [1.29, 1.82) is 0 Å². The van der Waals surface area contributed by atoms with E-state index >= 15 is 0 Å². The van der Waals surface area contributed by atoms with Crippen LogP contribution >= 0.6 is 0 Å². The molecule has 0 radical (unpaired) electrons. The molecule has 0 aliphatic rings. The molecule has 172 valence electrons. The van der Waals surface area contributed by atoms with Gasteiger partial charge in [-0.1, -0.05) is 148 Å². The molecule has 0 unspecified atom stereocenters. The summed E-state index contributed by atoms with van der Waals surface area (Å²) >= 11 is 0. The third-order valence-electron chi connectivity index (χ3n) is 5.32. The van der Waals surface area contributed by atoms with Gasteiger partial charge >= 0.3 is 0 Å². The van der Waals surface area contributed by atoms with Gasteiger partial charge in [-0.3, -0.25) is 0 Å². The van der Waals surface area contributed by atoms with Crippen molar-refractivity contribution < 1.29 is 0 Å². The number of hydrogen-bond donors (Lipinski definition) is 0. The highest BCUT2D eigenvalue weighted by Gasteiger charge is 2.03. The van der Waals surface area contributed by atoms with Gasteiger partial charge in [0.1, 0.15) is 0 Å². The van der Waals surface area contributed by atoms with Crippen LogP contribution in [-0.2, 0) is 0 Å². The van der Waals surface area contributed by atoms with Crippen molar-refractivity contribution in [3.05, 3.63) is 146 Å². The second-order valence-electron chi connectivity index (χ2n) is 7.44. The zero-order valence-electron chi connectivity index (χ0n) is 21.0. The Morgan fingerprint density at radius 1 is 0.559 bits per heavy atom. The normalized spacial score (nSPS) is 11.9. The average Bonchev–Trinajstić information content (AvgIpc) is 2.91. The third kappa shape index (κ3) is 7.05. The predicted molar refractivity (Wildman–Crippen MR) is 155 cm³/mol. The van der Waals surface area contributed by atoms with Gasteiger partial charge in [0, 0.05) is 0 Å². The lowest BCUT2D eigenvalue weighted by Crippen LogP contribution is -1.85. The van der Waals surface area contributed by atoms with Gasteiger partial charge < -0.3 is 0 Å². The quantitative estimate of drug-likeness (QED) is 0.303. The zero-order chi connectivity index (χ0) is 24.8. The van der Waals surface area contributed by atoms with Gasteiger partial charge in [-0.05, 0) is 58.4 Å². The van der Waals surface area contributed by atoms with Crippen LogP contribution in [-0.4, -0.2) is 0 Å². The highest BCUT2D eigenvalue weighted by Crippen LogP contribution is 2.28. The minimum atomic E-state index is 1.07. The van der Waals surface area contributed by atoms with Gasteiger partial charge in [0.2, 0.25) is 0 Å². The van der Waals surface area contributed by atoms with Gasteiger partial charge in [0.15, 0.2) is 0 Å². The molecular weight excluding hydrogens is 408 g/mol. The lowest BCUT2D eigenvalue weighted by Gasteiger charge is -2.08. The predicted octanol–water partition coefficient (Wildman–Crippen LogP) is 10.3. The van der Waals surface area contributed by atoms with Gasteiger partial charge in [0.25, 0.3) is 0 Å². The summed E-state index contributed by atoms with van der Waals surface area (Å²) in [6.45, 7) is 15.7. The summed E-state index contributed by atoms with van der Waals surface area (Å²) in [6, 6.07) is 26.1. The Labute approximate surface area is 206 Å². The summed E-state index contributed by atoms with van der Waals surface area (Å²) in [5.41, 5.74) is 9.46. The van der Waals surface area contributed by atoms with Gasteiger partial charge in [-0.15, -0.1) is 0 Å². The van der Waals surface area contributed by atoms with Crippen molar-refractivity contribution in [2.45, 2.75) is 27.7 Å². The van der Waals surface area contributed by atoms with E-state index < -0.39 is 0 Å². The lowest BCUT2D eigenvalue weighted by atomic mass is 9.96. The molecule has 0 aliphatic carbocycles. The van der Waals surface area contributed by atoms with Gasteiger partial charge in [-0.2, -0.15) is 0 Å². The van der Waals surface area contributed by atoms with E-state index in [-0.39, 0.29) is 0 Å². The van der Waals surface area contributed by atoms with Gasteiger partial charge in [0.05, 0.1) is 0 Å². The first kappa shape index (κ1) is 26.4. The molecule has 0 fully saturated rings. The molecule has 0 bridgehead atoms. The summed E-state index contributed by atoms with van der Waals surface area (Å²) in [5, 5.41) is 0. The largest absolute Gasteiger partial charge is 0.0990 e. The molecule has 0 aromatic heterocycles. The van der Waals surface area contributed by atoms with E-state index in [0.29, 0.717) is 0 Å². The molecule has 3 rings (SSSR count). The second kappa shape index (κ2) is 14.3. The van der Waals surface area contributed by atoms with Gasteiger partial charge in [-0.25, -0.2) is 0 Å². The van der Waals surface area contributed by atoms with Crippen molar-refractivity contribution in [3.8, 4) is 22.3 Å². The van der Waals surface area contributed by atoms with E-state index in [0.717, 1.165) is 11.1 Å². The molecule has 0 nitrogen and oxygen atoms in total. The summed E-state index contributed by atoms with van der Waals surface area (Å²) in [4.78, 5) is 0. The maximum absolute atomic E-state index is 3.89. The van der Waals surface area contributed by atoms with Crippen LogP contribution in [0.3, 0.4) is 0 Å². The molecule has 0 N–H and O–H groups in total. The fraction of sp³-hybridized carbons (Fsp3) is 0.118. The van der Waals surface area contributed by atoms with Crippen molar-refractivity contribution in [2.24, 2.45) is 0 Å². The molecular formula is C34H36. The first-order chi connectivity index (χ1) is 16.7. The number of rotatable bonds is 8. The summed E-state index contributed by atoms with van der Waals surface area (Å²) in [5.74, 6) is 0. The molecule has 0 saturated heterocycles. The van der Waals surface area contributed by atoms with Crippen LogP contribution in [0.2, 0.25) is 0 Å². The van der Waals surface area contributed by atoms with Crippen LogP contribution in [0.25, 0.3) is 33.4 Å². The smallest absolute Gasteiger partial charge is 0.0184 e. The molecule has 0 spiro atoms. The number of benzene rings is 3. The van der Waals surface area contributed by atoms with E-state index in [1.54, 1.807) is 6.08 Å².